The van der Waals surface area contributed by atoms with E-state index in [1.165, 1.54) is 12.2 Å². The van der Waals surface area contributed by atoms with Gasteiger partial charge in [-0.15, -0.1) is 0 Å². The van der Waals surface area contributed by atoms with E-state index in [0.29, 0.717) is 17.3 Å². The Morgan fingerprint density at radius 1 is 1.04 bits per heavy atom. The molecule has 0 saturated carbocycles. The van der Waals surface area contributed by atoms with Crippen LogP contribution in [0.25, 0.3) is 0 Å². The first-order valence-corrected chi connectivity index (χ1v) is 8.54. The number of anilines is 4. The van der Waals surface area contributed by atoms with E-state index >= 15 is 0 Å². The molecule has 1 heterocycles. The van der Waals surface area contributed by atoms with Crippen LogP contribution in [0.1, 0.15) is 17.4 Å². The van der Waals surface area contributed by atoms with Gasteiger partial charge >= 0.3 is 0 Å². The van der Waals surface area contributed by atoms with Crippen LogP contribution in [0.2, 0.25) is 0 Å². The number of rotatable bonds is 7. The standard InChI is InChI=1S/C20H23N5O2/c1-14-13-21-20(23-16-9-5-4-6-10-16)24-18(14)22-17-11-7-8-15(12-17)19(26)25(2)27-3/h4-13,19,26H,1-3H3,(H2,21,22,23,24). The highest BCUT2D eigenvalue weighted by atomic mass is 16.7. The first kappa shape index (κ1) is 18.8. The van der Waals surface area contributed by atoms with Crippen LogP contribution in [0, 0.1) is 6.92 Å². The highest BCUT2D eigenvalue weighted by molar-refractivity contribution is 5.62. The van der Waals surface area contributed by atoms with Gasteiger partial charge in [0.25, 0.3) is 0 Å². The van der Waals surface area contributed by atoms with Crippen molar-refractivity contribution in [3.05, 3.63) is 71.9 Å². The fourth-order valence-corrected chi connectivity index (χ4v) is 2.50. The summed E-state index contributed by atoms with van der Waals surface area (Å²) < 4.78 is 0. The van der Waals surface area contributed by atoms with Gasteiger partial charge in [-0.05, 0) is 36.8 Å². The van der Waals surface area contributed by atoms with Crippen LogP contribution in [0.15, 0.2) is 60.8 Å². The Morgan fingerprint density at radius 3 is 2.52 bits per heavy atom. The van der Waals surface area contributed by atoms with Crippen molar-refractivity contribution >= 4 is 23.1 Å². The molecule has 3 aromatic rings. The van der Waals surface area contributed by atoms with E-state index in [1.807, 2.05) is 61.5 Å². The summed E-state index contributed by atoms with van der Waals surface area (Å²) in [5.41, 5.74) is 3.34. The Morgan fingerprint density at radius 2 is 1.78 bits per heavy atom. The number of nitrogens with one attached hydrogen (secondary N) is 2. The summed E-state index contributed by atoms with van der Waals surface area (Å²) >= 11 is 0. The van der Waals surface area contributed by atoms with Crippen LogP contribution in [0.4, 0.5) is 23.1 Å². The summed E-state index contributed by atoms with van der Waals surface area (Å²) in [6.07, 6.45) is 0.899. The zero-order chi connectivity index (χ0) is 19.2. The Labute approximate surface area is 158 Å². The van der Waals surface area contributed by atoms with Gasteiger partial charge in [0.1, 0.15) is 5.82 Å². The number of benzene rings is 2. The Hall–Kier alpha value is -3.00. The zero-order valence-corrected chi connectivity index (χ0v) is 15.5. The molecule has 2 aromatic carbocycles. The van der Waals surface area contributed by atoms with Crippen molar-refractivity contribution in [1.82, 2.24) is 15.0 Å². The molecule has 0 radical (unpaired) electrons. The van der Waals surface area contributed by atoms with Crippen molar-refractivity contribution in [3.63, 3.8) is 0 Å². The molecule has 140 valence electrons. The average Bonchev–Trinajstić information content (AvgIpc) is 2.70. The maximum Gasteiger partial charge on any atom is 0.229 e. The van der Waals surface area contributed by atoms with E-state index in [-0.39, 0.29) is 0 Å². The van der Waals surface area contributed by atoms with Crippen LogP contribution >= 0.6 is 0 Å². The number of aliphatic hydroxyl groups is 1. The molecule has 7 nitrogen and oxygen atoms in total. The Kier molecular flexibility index (Phi) is 5.97. The van der Waals surface area contributed by atoms with Gasteiger partial charge < -0.3 is 15.7 Å². The minimum atomic E-state index is -0.862. The highest BCUT2D eigenvalue weighted by Crippen LogP contribution is 2.24. The molecule has 0 amide bonds. The number of para-hydroxylation sites is 1. The lowest BCUT2D eigenvalue weighted by Crippen LogP contribution is -2.22. The number of aliphatic hydroxyl groups excluding tert-OH is 1. The topological polar surface area (TPSA) is 82.5 Å². The van der Waals surface area contributed by atoms with Gasteiger partial charge in [-0.1, -0.05) is 30.3 Å². The minimum absolute atomic E-state index is 0.504. The lowest BCUT2D eigenvalue weighted by Gasteiger charge is -2.21. The fraction of sp³-hybridized carbons (Fsp3) is 0.200. The van der Waals surface area contributed by atoms with Crippen molar-refractivity contribution < 1.29 is 9.94 Å². The normalized spacial score (nSPS) is 12.0. The number of hydrogen-bond donors (Lipinski definition) is 3. The van der Waals surface area contributed by atoms with E-state index in [4.69, 9.17) is 4.84 Å². The summed E-state index contributed by atoms with van der Waals surface area (Å²) in [7, 11) is 3.18. The lowest BCUT2D eigenvalue weighted by atomic mass is 10.1. The quantitative estimate of drug-likeness (QED) is 0.434. The Balaban J connectivity index is 1.80. The van der Waals surface area contributed by atoms with E-state index in [2.05, 4.69) is 20.6 Å². The first-order chi connectivity index (χ1) is 13.1. The molecule has 0 saturated heterocycles. The van der Waals surface area contributed by atoms with Gasteiger partial charge in [-0.2, -0.15) is 10.0 Å². The predicted octanol–water partition coefficient (Wildman–Crippen LogP) is 3.76. The van der Waals surface area contributed by atoms with E-state index in [0.717, 1.165) is 16.9 Å². The van der Waals surface area contributed by atoms with E-state index in [9.17, 15) is 5.11 Å². The maximum absolute atomic E-state index is 10.3. The van der Waals surface area contributed by atoms with Gasteiger partial charge in [0, 0.05) is 30.2 Å². The average molecular weight is 365 g/mol. The number of hydroxylamine groups is 2. The van der Waals surface area contributed by atoms with Crippen LogP contribution < -0.4 is 10.6 Å². The molecule has 0 spiro atoms. The van der Waals surface area contributed by atoms with Gasteiger partial charge in [-0.25, -0.2) is 4.98 Å². The van der Waals surface area contributed by atoms with E-state index in [1.54, 1.807) is 13.2 Å². The van der Waals surface area contributed by atoms with Crippen LogP contribution in [-0.4, -0.2) is 34.3 Å². The van der Waals surface area contributed by atoms with Crippen molar-refractivity contribution in [2.75, 3.05) is 24.8 Å². The van der Waals surface area contributed by atoms with Crippen molar-refractivity contribution in [3.8, 4) is 0 Å². The molecule has 7 heteroatoms. The summed E-state index contributed by atoms with van der Waals surface area (Å²) in [4.78, 5) is 13.9. The number of hydrogen-bond acceptors (Lipinski definition) is 7. The highest BCUT2D eigenvalue weighted by Gasteiger charge is 2.14. The summed E-state index contributed by atoms with van der Waals surface area (Å²) in [5.74, 6) is 1.19. The molecule has 0 aliphatic carbocycles. The minimum Gasteiger partial charge on any atom is -0.372 e. The van der Waals surface area contributed by atoms with E-state index < -0.39 is 6.23 Å². The molecule has 1 aromatic heterocycles. The van der Waals surface area contributed by atoms with Crippen molar-refractivity contribution in [1.29, 1.82) is 0 Å². The summed E-state index contributed by atoms with van der Waals surface area (Å²) in [6.45, 7) is 1.94. The molecule has 0 aliphatic heterocycles. The number of nitrogens with zero attached hydrogens (tertiary/aromatic N) is 3. The molecule has 3 rings (SSSR count). The molecular formula is C20H23N5O2. The SMILES string of the molecule is CON(C)C(O)c1cccc(Nc2nc(Nc3ccccc3)ncc2C)c1. The third kappa shape index (κ3) is 4.79. The summed E-state index contributed by atoms with van der Waals surface area (Å²) in [6, 6.07) is 17.2. The third-order valence-corrected chi connectivity index (χ3v) is 4.08. The largest absolute Gasteiger partial charge is 0.372 e. The Bertz CT molecular complexity index is 889. The van der Waals surface area contributed by atoms with Gasteiger partial charge in [0.05, 0.1) is 7.11 Å². The van der Waals surface area contributed by atoms with Crippen molar-refractivity contribution in [2.45, 2.75) is 13.2 Å². The lowest BCUT2D eigenvalue weighted by molar-refractivity contribution is -0.206. The molecule has 1 unspecified atom stereocenters. The third-order valence-electron chi connectivity index (χ3n) is 4.08. The van der Waals surface area contributed by atoms with Gasteiger partial charge in [-0.3, -0.25) is 4.84 Å². The number of aryl methyl sites for hydroxylation is 1. The molecule has 1 atom stereocenters. The first-order valence-electron chi connectivity index (χ1n) is 8.54. The molecule has 0 aliphatic rings. The van der Waals surface area contributed by atoms with Crippen LogP contribution in [0.3, 0.4) is 0 Å². The molecule has 3 N–H and O–H groups in total. The zero-order valence-electron chi connectivity index (χ0n) is 15.5. The van der Waals surface area contributed by atoms with Gasteiger partial charge in [0.15, 0.2) is 6.23 Å². The number of aromatic nitrogens is 2. The maximum atomic E-state index is 10.3. The monoisotopic (exact) mass is 365 g/mol. The molecule has 0 fully saturated rings. The molecular weight excluding hydrogens is 342 g/mol. The van der Waals surface area contributed by atoms with Crippen molar-refractivity contribution in [2.24, 2.45) is 0 Å². The fourth-order valence-electron chi connectivity index (χ4n) is 2.50. The summed E-state index contributed by atoms with van der Waals surface area (Å²) in [5, 5.41) is 18.1. The van der Waals surface area contributed by atoms with Crippen LogP contribution in [-0.2, 0) is 4.84 Å². The molecule has 0 bridgehead atoms. The second-order valence-electron chi connectivity index (χ2n) is 6.07. The van der Waals surface area contributed by atoms with Gasteiger partial charge in [0.2, 0.25) is 5.95 Å². The predicted molar refractivity (Wildman–Crippen MR) is 106 cm³/mol. The second kappa shape index (κ2) is 8.59. The molecule has 27 heavy (non-hydrogen) atoms. The smallest absolute Gasteiger partial charge is 0.229 e. The van der Waals surface area contributed by atoms with Crippen LogP contribution in [0.5, 0.6) is 0 Å². The second-order valence-corrected chi connectivity index (χ2v) is 6.07.